The lowest BCUT2D eigenvalue weighted by atomic mass is 9.88. The van der Waals surface area contributed by atoms with Gasteiger partial charge in [0.15, 0.2) is 11.5 Å². The van der Waals surface area contributed by atoms with Crippen LogP contribution >= 0.6 is 22.6 Å². The summed E-state index contributed by atoms with van der Waals surface area (Å²) >= 11 is 2.05. The van der Waals surface area contributed by atoms with Crippen LogP contribution in [0.25, 0.3) is 0 Å². The van der Waals surface area contributed by atoms with E-state index in [1.54, 1.807) is 23.1 Å². The molecule has 10 nitrogen and oxygen atoms in total. The quantitative estimate of drug-likeness (QED) is 0.229. The zero-order valence-electron chi connectivity index (χ0n) is 21.0. The largest absolute Gasteiger partial charge is 0.493 e. The number of methoxy groups -OCH3 is 2. The summed E-state index contributed by atoms with van der Waals surface area (Å²) in [6, 6.07) is 2.65. The summed E-state index contributed by atoms with van der Waals surface area (Å²) in [5.74, 6) is 0.190. The average molecular weight is 620 g/mol. The molecule has 1 aliphatic rings. The van der Waals surface area contributed by atoms with Crippen molar-refractivity contribution in [1.29, 1.82) is 0 Å². The molecule has 202 valence electrons. The topological polar surface area (TPSA) is 138 Å². The zero-order valence-corrected chi connectivity index (χ0v) is 23.2. The van der Waals surface area contributed by atoms with E-state index in [9.17, 15) is 19.8 Å². The first-order valence-corrected chi connectivity index (χ1v) is 13.1. The minimum absolute atomic E-state index is 0.0755. The second-order valence-electron chi connectivity index (χ2n) is 8.47. The number of rotatable bonds is 14. The standard InChI is InChI=1S/C25H37IN2O8/c1-4-5-6-22(31)28(8-10-34-2)19-13-17(25(33)27-7-9-29)14-20(23(19)32)36-24-18(26)11-16(15-30)12-21(24)35-3/h11-12,14,19-20,23,29-30,32H,4-10,13,15H2,1-3H3,(H,27,33)/t19-,20+,23+/m1/s1. The Morgan fingerprint density at radius 1 is 1.25 bits per heavy atom. The molecular formula is C25H37IN2O8. The lowest BCUT2D eigenvalue weighted by molar-refractivity contribution is -0.139. The third-order valence-corrected chi connectivity index (χ3v) is 6.74. The van der Waals surface area contributed by atoms with E-state index >= 15 is 0 Å². The number of nitrogens with one attached hydrogen (secondary N) is 1. The maximum Gasteiger partial charge on any atom is 0.247 e. The summed E-state index contributed by atoms with van der Waals surface area (Å²) in [6.07, 6.45) is 1.44. The molecule has 0 aliphatic heterocycles. The molecule has 4 N–H and O–H groups in total. The monoisotopic (exact) mass is 620 g/mol. The van der Waals surface area contributed by atoms with Crippen molar-refractivity contribution in [3.8, 4) is 11.5 Å². The molecule has 1 aromatic rings. The Bertz CT molecular complexity index is 910. The van der Waals surface area contributed by atoms with E-state index in [1.807, 2.05) is 6.92 Å². The first-order chi connectivity index (χ1) is 17.3. The van der Waals surface area contributed by atoms with Gasteiger partial charge < -0.3 is 39.7 Å². The summed E-state index contributed by atoms with van der Waals surface area (Å²) in [4.78, 5) is 27.5. The molecule has 0 fully saturated rings. The Morgan fingerprint density at radius 2 is 2.00 bits per heavy atom. The number of hydrogen-bond acceptors (Lipinski definition) is 8. The minimum atomic E-state index is -1.14. The first-order valence-electron chi connectivity index (χ1n) is 12.0. The number of aliphatic hydroxyl groups excluding tert-OH is 3. The Kier molecular flexibility index (Phi) is 12.9. The maximum atomic E-state index is 13.1. The summed E-state index contributed by atoms with van der Waals surface area (Å²) in [6.45, 7) is 2.21. The molecule has 0 unspecified atom stereocenters. The molecule has 0 saturated carbocycles. The minimum Gasteiger partial charge on any atom is -0.493 e. The number of nitrogens with zero attached hydrogens (tertiary/aromatic N) is 1. The van der Waals surface area contributed by atoms with Crippen LogP contribution < -0.4 is 14.8 Å². The van der Waals surface area contributed by atoms with Gasteiger partial charge in [-0.3, -0.25) is 9.59 Å². The van der Waals surface area contributed by atoms with Crippen molar-refractivity contribution in [2.24, 2.45) is 0 Å². The summed E-state index contributed by atoms with van der Waals surface area (Å²) in [5.41, 5.74) is 0.980. The Morgan fingerprint density at radius 3 is 2.61 bits per heavy atom. The van der Waals surface area contributed by atoms with Crippen LogP contribution in [0.3, 0.4) is 0 Å². The van der Waals surface area contributed by atoms with Crippen LogP contribution in [0.4, 0.5) is 0 Å². The Hall–Kier alpha value is -1.93. The lowest BCUT2D eigenvalue weighted by Gasteiger charge is -2.40. The van der Waals surface area contributed by atoms with Crippen LogP contribution in [0.2, 0.25) is 0 Å². The molecule has 3 atom stereocenters. The molecule has 11 heteroatoms. The summed E-state index contributed by atoms with van der Waals surface area (Å²) in [5, 5.41) is 32.7. The lowest BCUT2D eigenvalue weighted by Crippen LogP contribution is -2.55. The maximum absolute atomic E-state index is 13.1. The van der Waals surface area contributed by atoms with Crippen molar-refractivity contribution in [2.45, 2.75) is 57.5 Å². The van der Waals surface area contributed by atoms with Crippen molar-refractivity contribution in [3.05, 3.63) is 32.9 Å². The number of amides is 2. The highest BCUT2D eigenvalue weighted by Crippen LogP contribution is 2.37. The van der Waals surface area contributed by atoms with E-state index in [0.717, 1.165) is 6.42 Å². The van der Waals surface area contributed by atoms with Crippen molar-refractivity contribution < 1.29 is 39.1 Å². The number of aliphatic hydroxyl groups is 3. The van der Waals surface area contributed by atoms with Gasteiger partial charge in [0.1, 0.15) is 12.2 Å². The van der Waals surface area contributed by atoms with Crippen LogP contribution in [0, 0.1) is 3.57 Å². The molecular weight excluding hydrogens is 583 g/mol. The highest BCUT2D eigenvalue weighted by Gasteiger charge is 2.40. The second-order valence-corrected chi connectivity index (χ2v) is 9.63. The van der Waals surface area contributed by atoms with Crippen molar-refractivity contribution in [2.75, 3.05) is 40.5 Å². The van der Waals surface area contributed by atoms with Gasteiger partial charge in [-0.1, -0.05) is 13.3 Å². The molecule has 2 rings (SSSR count). The number of ether oxygens (including phenoxy) is 3. The predicted octanol–water partition coefficient (Wildman–Crippen LogP) is 1.37. The van der Waals surface area contributed by atoms with E-state index in [1.165, 1.54) is 14.2 Å². The number of halogens is 1. The fourth-order valence-corrected chi connectivity index (χ4v) is 4.82. The van der Waals surface area contributed by atoms with Gasteiger partial charge in [-0.2, -0.15) is 0 Å². The molecule has 0 saturated heterocycles. The second kappa shape index (κ2) is 15.4. The van der Waals surface area contributed by atoms with Crippen LogP contribution in [0.15, 0.2) is 23.8 Å². The Labute approximate surface area is 225 Å². The molecule has 1 aromatic carbocycles. The third-order valence-electron chi connectivity index (χ3n) is 5.94. The molecule has 0 bridgehead atoms. The van der Waals surface area contributed by atoms with Crippen molar-refractivity contribution in [1.82, 2.24) is 10.2 Å². The van der Waals surface area contributed by atoms with Gasteiger partial charge in [0.2, 0.25) is 11.8 Å². The van der Waals surface area contributed by atoms with Crippen LogP contribution in [-0.4, -0.2) is 90.8 Å². The van der Waals surface area contributed by atoms with E-state index in [4.69, 9.17) is 19.3 Å². The number of hydrogen-bond donors (Lipinski definition) is 4. The fraction of sp³-hybridized carbons (Fsp3) is 0.600. The summed E-state index contributed by atoms with van der Waals surface area (Å²) in [7, 11) is 3.01. The van der Waals surface area contributed by atoms with E-state index in [0.29, 0.717) is 39.0 Å². The van der Waals surface area contributed by atoms with Crippen molar-refractivity contribution in [3.63, 3.8) is 0 Å². The van der Waals surface area contributed by atoms with E-state index in [-0.39, 0.29) is 45.2 Å². The van der Waals surface area contributed by atoms with Crippen molar-refractivity contribution >= 4 is 34.4 Å². The zero-order chi connectivity index (χ0) is 26.7. The van der Waals surface area contributed by atoms with Gasteiger partial charge in [-0.05, 0) is 52.8 Å². The average Bonchev–Trinajstić information content (AvgIpc) is 2.88. The highest BCUT2D eigenvalue weighted by molar-refractivity contribution is 14.1. The number of benzene rings is 1. The molecule has 2 amide bonds. The summed E-state index contributed by atoms with van der Waals surface area (Å²) < 4.78 is 17.5. The number of carbonyl (C=O) groups is 2. The van der Waals surface area contributed by atoms with Gasteiger partial charge in [-0.15, -0.1) is 0 Å². The first kappa shape index (κ1) is 30.3. The number of unbranched alkanes of at least 4 members (excludes halogenated alkanes) is 1. The molecule has 36 heavy (non-hydrogen) atoms. The molecule has 0 aromatic heterocycles. The molecule has 0 radical (unpaired) electrons. The van der Waals surface area contributed by atoms with Crippen LogP contribution in [0.5, 0.6) is 11.5 Å². The predicted molar refractivity (Wildman–Crippen MR) is 142 cm³/mol. The molecule has 1 aliphatic carbocycles. The van der Waals surface area contributed by atoms with E-state index in [2.05, 4.69) is 27.9 Å². The van der Waals surface area contributed by atoms with E-state index < -0.39 is 24.2 Å². The smallest absolute Gasteiger partial charge is 0.247 e. The SMILES string of the molecule is CCCCC(=O)N(CCOC)[C@@H]1CC(C(=O)NCCO)=C[C@H](Oc2c(I)cc(CO)cc2OC)[C@H]1O. The number of carbonyl (C=O) groups excluding carboxylic acids is 2. The highest BCUT2D eigenvalue weighted by atomic mass is 127. The van der Waals surface area contributed by atoms with Gasteiger partial charge in [-0.25, -0.2) is 0 Å². The van der Waals surface area contributed by atoms with Gasteiger partial charge in [0.25, 0.3) is 0 Å². The van der Waals surface area contributed by atoms with Gasteiger partial charge >= 0.3 is 0 Å². The van der Waals surface area contributed by atoms with Gasteiger partial charge in [0, 0.05) is 38.6 Å². The third kappa shape index (κ3) is 8.04. The van der Waals surface area contributed by atoms with Gasteiger partial charge in [0.05, 0.1) is 36.5 Å². The molecule has 0 heterocycles. The fourth-order valence-electron chi connectivity index (χ4n) is 4.03. The normalized spacial score (nSPS) is 19.4. The van der Waals surface area contributed by atoms with Crippen LogP contribution in [0.1, 0.15) is 38.2 Å². The van der Waals surface area contributed by atoms with Crippen LogP contribution in [-0.2, 0) is 20.9 Å². The molecule has 0 spiro atoms. The Balaban J connectivity index is 2.47.